The molecule has 0 bridgehead atoms. The number of amides is 1. The predicted molar refractivity (Wildman–Crippen MR) is 138 cm³/mol. The highest BCUT2D eigenvalue weighted by atomic mass is 19.1. The molecule has 196 valence electrons. The van der Waals surface area contributed by atoms with Crippen molar-refractivity contribution >= 4 is 18.0 Å². The monoisotopic (exact) mass is 509 g/mol. The van der Waals surface area contributed by atoms with Crippen LogP contribution in [0, 0.1) is 5.82 Å². The average molecular weight is 510 g/mol. The molecule has 3 aromatic rings. The van der Waals surface area contributed by atoms with Crippen LogP contribution < -0.4 is 5.32 Å². The lowest BCUT2D eigenvalue weighted by molar-refractivity contribution is -0.139. The van der Waals surface area contributed by atoms with Gasteiger partial charge >= 0.3 is 5.97 Å². The second-order valence-corrected chi connectivity index (χ2v) is 9.21. The fraction of sp³-hybridized carbons (Fsp3) is 0.321. The molecule has 4 N–H and O–H groups in total. The van der Waals surface area contributed by atoms with Crippen LogP contribution in [-0.4, -0.2) is 49.2 Å². The largest absolute Gasteiger partial charge is 0.481 e. The minimum atomic E-state index is -1.22. The smallest absolute Gasteiger partial charge is 0.305 e. The number of carbonyl (C=O) groups excluding carboxylic acids is 1. The van der Waals surface area contributed by atoms with Gasteiger partial charge in [0, 0.05) is 12.0 Å². The zero-order valence-electron chi connectivity index (χ0n) is 21.0. The third-order valence-corrected chi connectivity index (χ3v) is 5.87. The lowest BCUT2D eigenvalue weighted by Crippen LogP contribution is -2.28. The molecule has 37 heavy (non-hydrogen) atoms. The van der Waals surface area contributed by atoms with Gasteiger partial charge in [-0.15, -0.1) is 0 Å². The number of aliphatic hydroxyl groups is 2. The Hall–Kier alpha value is -3.82. The van der Waals surface area contributed by atoms with Gasteiger partial charge in [-0.2, -0.15) is 5.10 Å². The fourth-order valence-corrected chi connectivity index (χ4v) is 4.05. The van der Waals surface area contributed by atoms with E-state index in [-0.39, 0.29) is 30.0 Å². The highest BCUT2D eigenvalue weighted by molar-refractivity contribution is 5.95. The van der Waals surface area contributed by atoms with Gasteiger partial charge in [-0.25, -0.2) is 9.07 Å². The van der Waals surface area contributed by atoms with Gasteiger partial charge in [-0.3, -0.25) is 9.59 Å². The van der Waals surface area contributed by atoms with Crippen LogP contribution in [0.15, 0.2) is 60.7 Å². The molecule has 0 radical (unpaired) electrons. The Morgan fingerprint density at radius 1 is 1.05 bits per heavy atom. The minimum absolute atomic E-state index is 0.142. The maximum atomic E-state index is 13.6. The van der Waals surface area contributed by atoms with Crippen LogP contribution in [0.1, 0.15) is 72.9 Å². The number of hydrogen-bond acceptors (Lipinski definition) is 5. The van der Waals surface area contributed by atoms with Gasteiger partial charge in [0.2, 0.25) is 0 Å². The molecule has 0 aliphatic carbocycles. The lowest BCUT2D eigenvalue weighted by Gasteiger charge is -2.15. The summed E-state index contributed by atoms with van der Waals surface area (Å²) in [6.07, 6.45) is -0.0129. The maximum Gasteiger partial charge on any atom is 0.305 e. The Morgan fingerprint density at radius 3 is 2.30 bits per heavy atom. The van der Waals surface area contributed by atoms with E-state index >= 15 is 0 Å². The minimum Gasteiger partial charge on any atom is -0.481 e. The first-order chi connectivity index (χ1) is 17.6. The van der Waals surface area contributed by atoms with E-state index in [0.717, 1.165) is 5.56 Å². The zero-order chi connectivity index (χ0) is 27.1. The van der Waals surface area contributed by atoms with Gasteiger partial charge in [0.15, 0.2) is 5.69 Å². The van der Waals surface area contributed by atoms with E-state index in [4.69, 9.17) is 5.11 Å². The molecule has 0 saturated carbocycles. The number of hydrogen-bond donors (Lipinski definition) is 4. The number of nitrogens with zero attached hydrogens (tertiary/aromatic N) is 2. The second kappa shape index (κ2) is 12.4. The Morgan fingerprint density at radius 2 is 1.70 bits per heavy atom. The van der Waals surface area contributed by atoms with Gasteiger partial charge in [-0.05, 0) is 48.7 Å². The summed E-state index contributed by atoms with van der Waals surface area (Å²) in [5, 5.41) is 36.6. The van der Waals surface area contributed by atoms with Crippen molar-refractivity contribution in [3.8, 4) is 5.69 Å². The summed E-state index contributed by atoms with van der Waals surface area (Å²) >= 11 is 0. The number of aliphatic hydroxyl groups excluding tert-OH is 2. The molecule has 0 spiro atoms. The number of aliphatic carboxylic acids is 1. The van der Waals surface area contributed by atoms with Crippen molar-refractivity contribution in [2.75, 3.05) is 0 Å². The maximum absolute atomic E-state index is 13.6. The van der Waals surface area contributed by atoms with Gasteiger partial charge in [-0.1, -0.05) is 50.3 Å². The summed E-state index contributed by atoms with van der Waals surface area (Å²) in [5.74, 6) is -2.11. The van der Waals surface area contributed by atoms with Crippen LogP contribution in [0.3, 0.4) is 0 Å². The van der Waals surface area contributed by atoms with E-state index in [1.165, 1.54) is 35.0 Å². The summed E-state index contributed by atoms with van der Waals surface area (Å²) in [6, 6.07) is 14.9. The van der Waals surface area contributed by atoms with Crippen LogP contribution in [0.4, 0.5) is 4.39 Å². The van der Waals surface area contributed by atoms with Crippen molar-refractivity contribution in [2.45, 2.75) is 57.8 Å². The first-order valence-corrected chi connectivity index (χ1v) is 12.1. The molecule has 1 heterocycles. The Balaban J connectivity index is 2.00. The Kier molecular flexibility index (Phi) is 9.32. The molecule has 8 nitrogen and oxygen atoms in total. The van der Waals surface area contributed by atoms with Crippen molar-refractivity contribution in [3.63, 3.8) is 0 Å². The summed E-state index contributed by atoms with van der Waals surface area (Å²) in [4.78, 5) is 24.2. The van der Waals surface area contributed by atoms with Crippen molar-refractivity contribution in [1.29, 1.82) is 0 Å². The topological polar surface area (TPSA) is 125 Å². The van der Waals surface area contributed by atoms with E-state index < -0.39 is 30.4 Å². The van der Waals surface area contributed by atoms with Crippen LogP contribution in [0.5, 0.6) is 0 Å². The fourth-order valence-electron chi connectivity index (χ4n) is 4.05. The molecule has 2 aromatic carbocycles. The second-order valence-electron chi connectivity index (χ2n) is 9.21. The molecule has 0 aliphatic heterocycles. The number of halogens is 1. The molecule has 0 aliphatic rings. The van der Waals surface area contributed by atoms with Crippen molar-refractivity contribution in [2.24, 2.45) is 0 Å². The molecule has 0 saturated heterocycles. The molecule has 3 atom stereocenters. The van der Waals surface area contributed by atoms with Crippen LogP contribution >= 0.6 is 0 Å². The summed E-state index contributed by atoms with van der Waals surface area (Å²) in [5.41, 5.74) is 2.77. The third kappa shape index (κ3) is 7.34. The highest BCUT2D eigenvalue weighted by Gasteiger charge is 2.26. The third-order valence-electron chi connectivity index (χ3n) is 5.87. The van der Waals surface area contributed by atoms with Crippen molar-refractivity contribution in [1.82, 2.24) is 15.1 Å². The average Bonchev–Trinajstić information content (AvgIpc) is 3.23. The van der Waals surface area contributed by atoms with Crippen molar-refractivity contribution < 1.29 is 29.3 Å². The number of aromatic nitrogens is 2. The molecular weight excluding hydrogens is 477 g/mol. The molecule has 1 aromatic heterocycles. The number of benzene rings is 2. The standard InChI is InChI=1S/C28H32FN3O5/c1-17(2)26-24(14-13-22(33)15-23(34)16-25(35)36)32(21-11-9-20(29)10-12-21)31-27(26)28(37)30-18(3)19-7-5-4-6-8-19/h4-14,17-18,22-23,33-34H,15-16H2,1-3H3,(H,30,37)(H,35,36)/t18-,22+,23-/m1/s1. The van der Waals surface area contributed by atoms with Crippen LogP contribution in [0.2, 0.25) is 0 Å². The molecule has 0 unspecified atom stereocenters. The highest BCUT2D eigenvalue weighted by Crippen LogP contribution is 2.28. The normalized spacial score (nSPS) is 14.0. The number of rotatable bonds is 11. The Labute approximate surface area is 215 Å². The Bertz CT molecular complexity index is 1240. The first kappa shape index (κ1) is 27.8. The summed E-state index contributed by atoms with van der Waals surface area (Å²) in [6.45, 7) is 5.69. The molecular formula is C28H32FN3O5. The van der Waals surface area contributed by atoms with Gasteiger partial charge < -0.3 is 20.6 Å². The number of carboxylic acid groups (broad SMARTS) is 1. The zero-order valence-corrected chi connectivity index (χ0v) is 21.0. The molecule has 0 fully saturated rings. The molecule has 9 heteroatoms. The van der Waals surface area contributed by atoms with E-state index in [9.17, 15) is 24.2 Å². The van der Waals surface area contributed by atoms with E-state index in [2.05, 4.69) is 10.4 Å². The summed E-state index contributed by atoms with van der Waals surface area (Å²) in [7, 11) is 0. The van der Waals surface area contributed by atoms with Crippen molar-refractivity contribution in [3.05, 3.63) is 89.0 Å². The van der Waals surface area contributed by atoms with E-state index in [1.54, 1.807) is 6.08 Å². The molecule has 3 rings (SSSR count). The van der Waals surface area contributed by atoms with Gasteiger partial charge in [0.1, 0.15) is 5.82 Å². The summed E-state index contributed by atoms with van der Waals surface area (Å²) < 4.78 is 15.1. The molecule has 1 amide bonds. The van der Waals surface area contributed by atoms with E-state index in [1.807, 2.05) is 51.1 Å². The van der Waals surface area contributed by atoms with Crippen LogP contribution in [-0.2, 0) is 4.79 Å². The van der Waals surface area contributed by atoms with Gasteiger partial charge in [0.05, 0.1) is 36.1 Å². The number of nitrogens with one attached hydrogen (secondary N) is 1. The SMILES string of the molecule is CC(C)c1c(C(=O)N[C@H](C)c2ccccc2)nn(-c2ccc(F)cc2)c1C=C[C@H](O)C[C@@H](O)CC(=O)O. The van der Waals surface area contributed by atoms with Crippen LogP contribution in [0.25, 0.3) is 11.8 Å². The van der Waals surface area contributed by atoms with Gasteiger partial charge in [0.25, 0.3) is 5.91 Å². The first-order valence-electron chi connectivity index (χ1n) is 12.1. The number of carboxylic acids is 1. The number of carbonyl (C=O) groups is 2. The van der Waals surface area contributed by atoms with E-state index in [0.29, 0.717) is 16.9 Å². The quantitative estimate of drug-likeness (QED) is 0.307. The lowest BCUT2D eigenvalue weighted by atomic mass is 9.98. The predicted octanol–water partition coefficient (Wildman–Crippen LogP) is 4.23.